The van der Waals surface area contributed by atoms with E-state index in [9.17, 15) is 4.79 Å². The number of nitrogens with zero attached hydrogens (tertiary/aromatic N) is 5. The minimum absolute atomic E-state index is 0.0926. The number of fused-ring (bicyclic) bond motifs is 1. The van der Waals surface area contributed by atoms with Crippen LogP contribution >= 0.6 is 0 Å². The maximum Gasteiger partial charge on any atom is 0.410 e. The summed E-state index contributed by atoms with van der Waals surface area (Å²) < 4.78 is 13.3. The Morgan fingerprint density at radius 3 is 2.54 bits per heavy atom. The van der Waals surface area contributed by atoms with E-state index >= 15 is 0 Å². The molecule has 0 saturated carbocycles. The number of piperidine rings is 1. The van der Waals surface area contributed by atoms with E-state index in [0.29, 0.717) is 36.0 Å². The number of hydrazone groups is 1. The average molecular weight is 500 g/mol. The maximum atomic E-state index is 12.6. The first kappa shape index (κ1) is 24.4. The number of likely N-dealkylation sites (tertiary alicyclic amines) is 1. The van der Waals surface area contributed by atoms with Crippen molar-refractivity contribution >= 4 is 29.7 Å². The van der Waals surface area contributed by atoms with E-state index < -0.39 is 5.60 Å². The fourth-order valence-corrected chi connectivity index (χ4v) is 4.43. The zero-order valence-electron chi connectivity index (χ0n) is 21.3. The highest BCUT2D eigenvalue weighted by atomic mass is 16.6. The number of hydrogen-bond donors (Lipinski definition) is 1. The van der Waals surface area contributed by atoms with E-state index in [2.05, 4.69) is 9.97 Å². The molecule has 0 spiro atoms. The first-order valence-corrected chi connectivity index (χ1v) is 12.4. The van der Waals surface area contributed by atoms with Crippen LogP contribution in [0.25, 0.3) is 0 Å². The SMILES string of the molecule is CC(C)(C)OC(=O)N1CCCC(/C=[N+]2/N=C(c3ccc(Oc4ccccc4)cc3)c3c(N)ncnc32)C1. The molecule has 2 N–H and O–H groups in total. The summed E-state index contributed by atoms with van der Waals surface area (Å²) in [6.45, 7) is 6.86. The van der Waals surface area contributed by atoms with Gasteiger partial charge in [-0.05, 0) is 75.0 Å². The average Bonchev–Trinajstić information content (AvgIpc) is 3.24. The highest BCUT2D eigenvalue weighted by Crippen LogP contribution is 2.32. The molecule has 190 valence electrons. The number of benzene rings is 2. The van der Waals surface area contributed by atoms with Crippen LogP contribution in [0, 0.1) is 5.92 Å². The Balaban J connectivity index is 1.40. The van der Waals surface area contributed by atoms with Gasteiger partial charge in [0, 0.05) is 24.6 Å². The molecule has 2 aromatic carbocycles. The minimum atomic E-state index is -0.531. The Kier molecular flexibility index (Phi) is 6.60. The van der Waals surface area contributed by atoms with Crippen LogP contribution in [0.4, 0.5) is 16.4 Å². The highest BCUT2D eigenvalue weighted by molar-refractivity contribution is 6.18. The van der Waals surface area contributed by atoms with Crippen molar-refractivity contribution in [1.82, 2.24) is 14.9 Å². The van der Waals surface area contributed by atoms with Crippen LogP contribution in [0.3, 0.4) is 0 Å². The van der Waals surface area contributed by atoms with Crippen molar-refractivity contribution in [3.8, 4) is 11.5 Å². The van der Waals surface area contributed by atoms with Crippen LogP contribution in [0.1, 0.15) is 44.7 Å². The van der Waals surface area contributed by atoms with Crippen molar-refractivity contribution in [1.29, 1.82) is 0 Å². The number of nitrogen functional groups attached to an aromatic ring is 1. The molecule has 1 amide bonds. The predicted molar refractivity (Wildman–Crippen MR) is 142 cm³/mol. The number of nitrogens with two attached hydrogens (primary N) is 1. The van der Waals surface area contributed by atoms with E-state index in [1.54, 1.807) is 9.58 Å². The van der Waals surface area contributed by atoms with Crippen LogP contribution in [0.2, 0.25) is 0 Å². The lowest BCUT2D eigenvalue weighted by molar-refractivity contribution is -0.442. The number of anilines is 1. The Morgan fingerprint density at radius 1 is 1.08 bits per heavy atom. The second-order valence-corrected chi connectivity index (χ2v) is 10.2. The number of carbonyl (C=O) groups is 1. The predicted octanol–water partition coefficient (Wildman–Crippen LogP) is 4.98. The van der Waals surface area contributed by atoms with Gasteiger partial charge in [0.15, 0.2) is 0 Å². The first-order chi connectivity index (χ1) is 17.8. The molecule has 9 heteroatoms. The Bertz CT molecular complexity index is 1350. The molecule has 3 aromatic rings. The number of carbonyl (C=O) groups excluding carboxylic acids is 1. The van der Waals surface area contributed by atoms with Gasteiger partial charge in [0.05, 0.1) is 0 Å². The molecule has 9 nitrogen and oxygen atoms in total. The third kappa shape index (κ3) is 5.61. The van der Waals surface area contributed by atoms with Crippen LogP contribution < -0.4 is 10.5 Å². The highest BCUT2D eigenvalue weighted by Gasteiger charge is 2.35. The van der Waals surface area contributed by atoms with Gasteiger partial charge >= 0.3 is 11.9 Å². The fraction of sp³-hybridized carbons (Fsp3) is 0.321. The first-order valence-electron chi connectivity index (χ1n) is 12.4. The van der Waals surface area contributed by atoms with E-state index in [1.807, 2.05) is 81.6 Å². The third-order valence-corrected chi connectivity index (χ3v) is 6.09. The molecule has 1 saturated heterocycles. The van der Waals surface area contributed by atoms with Crippen molar-refractivity contribution in [2.75, 3.05) is 18.8 Å². The molecule has 5 rings (SSSR count). The largest absolute Gasteiger partial charge is 0.457 e. The van der Waals surface area contributed by atoms with E-state index in [0.717, 1.165) is 29.9 Å². The molecule has 0 radical (unpaired) electrons. The third-order valence-electron chi connectivity index (χ3n) is 6.09. The molecule has 2 aliphatic rings. The number of aromatic nitrogens is 2. The zero-order valence-corrected chi connectivity index (χ0v) is 21.3. The van der Waals surface area contributed by atoms with Gasteiger partial charge in [-0.3, -0.25) is 0 Å². The summed E-state index contributed by atoms with van der Waals surface area (Å²) >= 11 is 0. The molecular weight excluding hydrogens is 468 g/mol. The molecule has 0 aliphatic carbocycles. The van der Waals surface area contributed by atoms with Gasteiger partial charge in [0.2, 0.25) is 6.33 Å². The molecule has 1 aromatic heterocycles. The molecule has 37 heavy (non-hydrogen) atoms. The molecule has 2 aliphatic heterocycles. The van der Waals surface area contributed by atoms with Gasteiger partial charge in [-0.1, -0.05) is 23.3 Å². The van der Waals surface area contributed by atoms with Crippen LogP contribution in [0.5, 0.6) is 11.5 Å². The summed E-state index contributed by atoms with van der Waals surface area (Å²) in [5.41, 5.74) is 8.00. The lowest BCUT2D eigenvalue weighted by Gasteiger charge is -2.32. The Labute approximate surface area is 216 Å². The molecule has 1 unspecified atom stereocenters. The normalized spacial score (nSPS) is 18.4. The van der Waals surface area contributed by atoms with E-state index in [-0.39, 0.29) is 12.0 Å². The van der Waals surface area contributed by atoms with Gasteiger partial charge in [-0.2, -0.15) is 4.98 Å². The van der Waals surface area contributed by atoms with Gasteiger partial charge in [-0.25, -0.2) is 4.79 Å². The van der Waals surface area contributed by atoms with Crippen LogP contribution in [-0.4, -0.2) is 56.3 Å². The number of para-hydroxylation sites is 1. The quantitative estimate of drug-likeness (QED) is 0.508. The van der Waals surface area contributed by atoms with E-state index in [1.165, 1.54) is 6.33 Å². The van der Waals surface area contributed by atoms with Gasteiger partial charge in [0.25, 0.3) is 0 Å². The zero-order chi connectivity index (χ0) is 26.0. The van der Waals surface area contributed by atoms with Crippen LogP contribution in [-0.2, 0) is 4.74 Å². The monoisotopic (exact) mass is 499 g/mol. The Hall–Kier alpha value is -4.27. The lowest BCUT2D eigenvalue weighted by Crippen LogP contribution is -2.43. The summed E-state index contributed by atoms with van der Waals surface area (Å²) in [5, 5.41) is 4.86. The number of amides is 1. The maximum absolute atomic E-state index is 12.6. The summed E-state index contributed by atoms with van der Waals surface area (Å²) in [6, 6.07) is 17.3. The second-order valence-electron chi connectivity index (χ2n) is 10.2. The molecule has 1 atom stereocenters. The van der Waals surface area contributed by atoms with Crippen molar-refractivity contribution < 1.29 is 19.0 Å². The van der Waals surface area contributed by atoms with Gasteiger partial charge < -0.3 is 20.1 Å². The minimum Gasteiger partial charge on any atom is -0.457 e. The summed E-state index contributed by atoms with van der Waals surface area (Å²) in [5.74, 6) is 2.57. The standard InChI is InChI=1S/C28H31N6O3/c1-28(2,3)37-27(35)33-15-7-8-19(16-33)17-34-26-23(25(29)30-18-31-26)24(32-34)20-11-13-22(14-12-20)36-21-9-5-4-6-10-21/h4-6,9-14,17-19H,7-8,15-16H2,1-3H3,(H2,29,30,31)/q+1/b34-17+. The molecule has 1 fully saturated rings. The van der Waals surface area contributed by atoms with Crippen molar-refractivity contribution in [2.24, 2.45) is 11.0 Å². The number of hydrogen-bond acceptors (Lipinski definition) is 7. The molecule has 0 bridgehead atoms. The second kappa shape index (κ2) is 10.0. The van der Waals surface area contributed by atoms with Crippen molar-refractivity contribution in [2.45, 2.75) is 39.2 Å². The Morgan fingerprint density at radius 2 is 1.81 bits per heavy atom. The smallest absolute Gasteiger partial charge is 0.410 e. The van der Waals surface area contributed by atoms with Gasteiger partial charge in [0.1, 0.15) is 40.4 Å². The lowest BCUT2D eigenvalue weighted by atomic mass is 9.99. The summed E-state index contributed by atoms with van der Waals surface area (Å²) in [6.07, 6.45) is 4.98. The topological polar surface area (TPSA) is 106 Å². The number of ether oxygens (including phenoxy) is 2. The number of rotatable bonds is 4. The van der Waals surface area contributed by atoms with Crippen molar-refractivity contribution in [3.63, 3.8) is 0 Å². The van der Waals surface area contributed by atoms with Crippen LogP contribution in [0.15, 0.2) is 66.0 Å². The molecule has 3 heterocycles. The van der Waals surface area contributed by atoms with E-state index in [4.69, 9.17) is 20.3 Å². The summed E-state index contributed by atoms with van der Waals surface area (Å²) in [4.78, 5) is 23.1. The van der Waals surface area contributed by atoms with Gasteiger partial charge in [-0.15, -0.1) is 4.68 Å². The van der Waals surface area contributed by atoms with Crippen molar-refractivity contribution in [3.05, 3.63) is 72.1 Å². The molecular formula is C28H31N6O3+. The summed E-state index contributed by atoms with van der Waals surface area (Å²) in [7, 11) is 0. The fourth-order valence-electron chi connectivity index (χ4n) is 4.43.